The second-order valence-electron chi connectivity index (χ2n) is 7.24. The lowest BCUT2D eigenvalue weighted by molar-refractivity contribution is 0.0956. The zero-order chi connectivity index (χ0) is 22.0. The van der Waals surface area contributed by atoms with Gasteiger partial charge in [0.1, 0.15) is 5.75 Å². The number of nitrogens with one attached hydrogen (secondary N) is 1. The van der Waals surface area contributed by atoms with Gasteiger partial charge in [0.15, 0.2) is 0 Å². The summed E-state index contributed by atoms with van der Waals surface area (Å²) in [4.78, 5) is 17.7. The summed E-state index contributed by atoms with van der Waals surface area (Å²) >= 11 is 6.00. The number of aromatic nitrogens is 1. The van der Waals surface area contributed by atoms with E-state index in [1.54, 1.807) is 31.2 Å². The number of phenols is 1. The number of nitrogens with zero attached hydrogens (tertiary/aromatic N) is 2. The number of benzene rings is 3. The number of aromatic hydroxyl groups is 1. The van der Waals surface area contributed by atoms with Gasteiger partial charge >= 0.3 is 0 Å². The third-order valence-corrected chi connectivity index (χ3v) is 5.22. The molecule has 1 heterocycles. The van der Waals surface area contributed by atoms with Gasteiger partial charge in [0, 0.05) is 21.5 Å². The lowest BCUT2D eigenvalue weighted by Crippen LogP contribution is -2.20. The molecule has 6 heteroatoms. The fourth-order valence-electron chi connectivity index (χ4n) is 3.33. The zero-order valence-corrected chi connectivity index (χ0v) is 17.8. The summed E-state index contributed by atoms with van der Waals surface area (Å²) in [6.45, 7) is 3.66. The van der Waals surface area contributed by atoms with Gasteiger partial charge in [-0.1, -0.05) is 53.6 Å². The number of phenolic OH excluding ortho intramolecular Hbond substituents is 1. The third-order valence-electron chi connectivity index (χ3n) is 4.97. The number of carbonyl (C=O) groups excluding carboxylic acids is 1. The maximum Gasteiger partial charge on any atom is 0.272 e. The van der Waals surface area contributed by atoms with Crippen LogP contribution in [0, 0.1) is 6.92 Å². The minimum absolute atomic E-state index is 0.112. The Morgan fingerprint density at radius 3 is 2.52 bits per heavy atom. The van der Waals surface area contributed by atoms with Crippen molar-refractivity contribution in [3.63, 3.8) is 0 Å². The summed E-state index contributed by atoms with van der Waals surface area (Å²) in [7, 11) is 0. The molecule has 1 amide bonds. The molecule has 0 aliphatic rings. The highest BCUT2D eigenvalue weighted by molar-refractivity contribution is 6.30. The van der Waals surface area contributed by atoms with E-state index in [9.17, 15) is 9.90 Å². The molecule has 4 aromatic rings. The van der Waals surface area contributed by atoms with Crippen molar-refractivity contribution in [1.82, 2.24) is 10.4 Å². The first-order valence-corrected chi connectivity index (χ1v) is 10.1. The number of pyridine rings is 1. The summed E-state index contributed by atoms with van der Waals surface area (Å²) in [5.41, 5.74) is 7.36. The molecule has 31 heavy (non-hydrogen) atoms. The predicted molar refractivity (Wildman–Crippen MR) is 125 cm³/mol. The third kappa shape index (κ3) is 4.42. The Balaban J connectivity index is 1.71. The van der Waals surface area contributed by atoms with Gasteiger partial charge in [0.2, 0.25) is 0 Å². The molecule has 2 N–H and O–H groups in total. The lowest BCUT2D eigenvalue weighted by Gasteiger charge is -2.10. The molecule has 0 fully saturated rings. The molecule has 0 saturated heterocycles. The molecule has 0 atom stereocenters. The summed E-state index contributed by atoms with van der Waals surface area (Å²) < 4.78 is 0. The van der Waals surface area contributed by atoms with E-state index in [1.165, 1.54) is 0 Å². The van der Waals surface area contributed by atoms with E-state index >= 15 is 0 Å². The standard InChI is InChI=1S/C25H20ClN3O2/c1-15-7-12-24(30)20(13-15)16(2)28-29-25(31)21-14-23(17-8-10-18(26)11-9-17)27-22-6-4-3-5-19(21)22/h3-14,30H,1-2H3,(H,29,31)/b28-16+. The smallest absolute Gasteiger partial charge is 0.272 e. The van der Waals surface area contributed by atoms with Crippen molar-refractivity contribution < 1.29 is 9.90 Å². The Morgan fingerprint density at radius 2 is 1.74 bits per heavy atom. The molecule has 0 saturated carbocycles. The van der Waals surface area contributed by atoms with Gasteiger partial charge < -0.3 is 5.11 Å². The monoisotopic (exact) mass is 429 g/mol. The molecule has 0 bridgehead atoms. The van der Waals surface area contributed by atoms with E-state index in [4.69, 9.17) is 16.6 Å². The maximum atomic E-state index is 13.1. The van der Waals surface area contributed by atoms with Crippen LogP contribution in [0.25, 0.3) is 22.2 Å². The minimum atomic E-state index is -0.361. The van der Waals surface area contributed by atoms with Crippen LogP contribution in [0.5, 0.6) is 5.75 Å². The molecule has 0 aliphatic heterocycles. The van der Waals surface area contributed by atoms with E-state index in [0.717, 1.165) is 16.5 Å². The number of halogens is 1. The van der Waals surface area contributed by atoms with Crippen LogP contribution in [-0.4, -0.2) is 21.7 Å². The van der Waals surface area contributed by atoms with Gasteiger partial charge in [-0.15, -0.1) is 0 Å². The summed E-state index contributed by atoms with van der Waals surface area (Å²) in [5, 5.41) is 15.7. The number of fused-ring (bicyclic) bond motifs is 1. The number of carbonyl (C=O) groups is 1. The highest BCUT2D eigenvalue weighted by Gasteiger charge is 2.14. The van der Waals surface area contributed by atoms with Gasteiger partial charge in [-0.25, -0.2) is 10.4 Å². The highest BCUT2D eigenvalue weighted by atomic mass is 35.5. The number of hydrogen-bond acceptors (Lipinski definition) is 4. The van der Waals surface area contributed by atoms with E-state index in [0.29, 0.717) is 33.1 Å². The van der Waals surface area contributed by atoms with E-state index < -0.39 is 0 Å². The number of rotatable bonds is 4. The van der Waals surface area contributed by atoms with Gasteiger partial charge in [-0.05, 0) is 50.2 Å². The van der Waals surface area contributed by atoms with Crippen molar-refractivity contribution in [2.24, 2.45) is 5.10 Å². The molecule has 3 aromatic carbocycles. The molecule has 4 rings (SSSR count). The number of aryl methyl sites for hydroxylation is 1. The molecule has 0 unspecified atom stereocenters. The van der Waals surface area contributed by atoms with Crippen LogP contribution in [0.4, 0.5) is 0 Å². The van der Waals surface area contributed by atoms with Crippen LogP contribution in [-0.2, 0) is 0 Å². The Labute approximate surface area is 185 Å². The first-order chi connectivity index (χ1) is 14.9. The van der Waals surface area contributed by atoms with Crippen molar-refractivity contribution in [2.75, 3.05) is 0 Å². The maximum absolute atomic E-state index is 13.1. The van der Waals surface area contributed by atoms with E-state index in [1.807, 2.05) is 55.5 Å². The number of para-hydroxylation sites is 1. The second kappa shape index (κ2) is 8.58. The van der Waals surface area contributed by atoms with Crippen LogP contribution >= 0.6 is 11.6 Å². The van der Waals surface area contributed by atoms with Crippen LogP contribution < -0.4 is 5.43 Å². The largest absolute Gasteiger partial charge is 0.507 e. The zero-order valence-electron chi connectivity index (χ0n) is 17.1. The predicted octanol–water partition coefficient (Wildman–Crippen LogP) is 5.72. The Bertz CT molecular complexity index is 1310. The van der Waals surface area contributed by atoms with Gasteiger partial charge in [-0.2, -0.15) is 5.10 Å². The molecule has 0 spiro atoms. The second-order valence-corrected chi connectivity index (χ2v) is 7.67. The molecule has 5 nitrogen and oxygen atoms in total. The van der Waals surface area contributed by atoms with E-state index in [-0.39, 0.29) is 11.7 Å². The van der Waals surface area contributed by atoms with Gasteiger partial charge in [0.05, 0.1) is 22.5 Å². The lowest BCUT2D eigenvalue weighted by atomic mass is 10.0. The molecular weight excluding hydrogens is 410 g/mol. The quantitative estimate of drug-likeness (QED) is 0.321. The minimum Gasteiger partial charge on any atom is -0.507 e. The summed E-state index contributed by atoms with van der Waals surface area (Å²) in [6, 6.07) is 21.8. The topological polar surface area (TPSA) is 74.6 Å². The van der Waals surface area contributed by atoms with Crippen molar-refractivity contribution in [2.45, 2.75) is 13.8 Å². The Hall–Kier alpha value is -3.70. The average molecular weight is 430 g/mol. The van der Waals surface area contributed by atoms with Gasteiger partial charge in [0.25, 0.3) is 5.91 Å². The van der Waals surface area contributed by atoms with E-state index in [2.05, 4.69) is 10.5 Å². The Kier molecular flexibility index (Phi) is 5.69. The van der Waals surface area contributed by atoms with Crippen molar-refractivity contribution in [1.29, 1.82) is 0 Å². The summed E-state index contributed by atoms with van der Waals surface area (Å²) in [5.74, 6) is -0.249. The average Bonchev–Trinajstić information content (AvgIpc) is 2.78. The van der Waals surface area contributed by atoms with Crippen LogP contribution in [0.3, 0.4) is 0 Å². The van der Waals surface area contributed by atoms with Crippen molar-refractivity contribution in [3.05, 3.63) is 94.5 Å². The van der Waals surface area contributed by atoms with Crippen molar-refractivity contribution >= 4 is 34.1 Å². The van der Waals surface area contributed by atoms with Crippen molar-refractivity contribution in [3.8, 4) is 17.0 Å². The molecule has 0 radical (unpaired) electrons. The number of amides is 1. The summed E-state index contributed by atoms with van der Waals surface area (Å²) in [6.07, 6.45) is 0. The van der Waals surface area contributed by atoms with Crippen LogP contribution in [0.1, 0.15) is 28.4 Å². The molecular formula is C25H20ClN3O2. The Morgan fingerprint density at radius 1 is 1.00 bits per heavy atom. The molecule has 154 valence electrons. The molecule has 1 aromatic heterocycles. The SMILES string of the molecule is C/C(=N\NC(=O)c1cc(-c2ccc(Cl)cc2)nc2ccccc12)c1cc(C)ccc1O. The normalized spacial score (nSPS) is 11.5. The first kappa shape index (κ1) is 20.6. The van der Waals surface area contributed by atoms with Gasteiger partial charge in [-0.3, -0.25) is 4.79 Å². The number of hydrazone groups is 1. The van der Waals surface area contributed by atoms with Crippen LogP contribution in [0.15, 0.2) is 77.9 Å². The number of hydrogen-bond donors (Lipinski definition) is 2. The fraction of sp³-hybridized carbons (Fsp3) is 0.0800. The van der Waals surface area contributed by atoms with Crippen LogP contribution in [0.2, 0.25) is 5.02 Å². The first-order valence-electron chi connectivity index (χ1n) is 9.73. The fourth-order valence-corrected chi connectivity index (χ4v) is 3.45. The highest BCUT2D eigenvalue weighted by Crippen LogP contribution is 2.26. The molecule has 0 aliphatic carbocycles.